The maximum Gasteiger partial charge on any atom is 0.147 e. The van der Waals surface area contributed by atoms with Gasteiger partial charge in [-0.2, -0.15) is 0 Å². The first-order chi connectivity index (χ1) is 8.36. The van der Waals surface area contributed by atoms with E-state index in [2.05, 4.69) is 6.07 Å². The van der Waals surface area contributed by atoms with Gasteiger partial charge in [-0.05, 0) is 42.1 Å². The summed E-state index contributed by atoms with van der Waals surface area (Å²) in [5, 5.41) is 0. The molecular weight excluding hydrogens is 233 g/mol. The Morgan fingerprint density at radius 3 is 2.47 bits per heavy atom. The highest BCUT2D eigenvalue weighted by atomic mass is 32.2. The van der Waals surface area contributed by atoms with Gasteiger partial charge < -0.3 is 0 Å². The molecule has 0 atom stereocenters. The van der Waals surface area contributed by atoms with Crippen LogP contribution in [0.25, 0.3) is 0 Å². The molecule has 1 nitrogen and oxygen atoms in total. The second kappa shape index (κ2) is 4.41. The second-order valence-electron chi connectivity index (χ2n) is 3.96. The summed E-state index contributed by atoms with van der Waals surface area (Å²) in [5.74, 6) is 0.822. The fraction of sp³-hybridized carbons (Fsp3) is 0.143. The van der Waals surface area contributed by atoms with Crippen LogP contribution in [0.3, 0.4) is 0 Å². The molecule has 0 N–H and O–H groups in total. The van der Waals surface area contributed by atoms with Gasteiger partial charge >= 0.3 is 0 Å². The van der Waals surface area contributed by atoms with Gasteiger partial charge in [0.1, 0.15) is 5.82 Å². The quantitative estimate of drug-likeness (QED) is 0.694. The van der Waals surface area contributed by atoms with Crippen molar-refractivity contribution in [3.8, 4) is 0 Å². The van der Waals surface area contributed by atoms with E-state index in [1.165, 1.54) is 11.6 Å². The van der Waals surface area contributed by atoms with Crippen LogP contribution in [0.5, 0.6) is 0 Å². The van der Waals surface area contributed by atoms with E-state index in [0.717, 1.165) is 17.9 Å². The summed E-state index contributed by atoms with van der Waals surface area (Å²) in [6.45, 7) is 0. The standard InChI is InChI=1S/C14H12FNS/c15-12-6-2-4-8-14(12)16-13-7-3-1-5-11(13)9-10-17-16/h1-8H,9-10H2. The summed E-state index contributed by atoms with van der Waals surface area (Å²) in [4.78, 5) is 0. The van der Waals surface area contributed by atoms with Gasteiger partial charge in [0.05, 0.1) is 11.4 Å². The molecule has 3 heteroatoms. The number of anilines is 2. The lowest BCUT2D eigenvalue weighted by Gasteiger charge is -2.30. The summed E-state index contributed by atoms with van der Waals surface area (Å²) in [7, 11) is 0. The summed E-state index contributed by atoms with van der Waals surface area (Å²) in [5.41, 5.74) is 3.04. The molecular formula is C14H12FNS. The SMILES string of the molecule is Fc1ccccc1N1SCCc2ccccc21. The first kappa shape index (κ1) is 10.7. The van der Waals surface area contributed by atoms with E-state index in [0.29, 0.717) is 5.69 Å². The van der Waals surface area contributed by atoms with Crippen LogP contribution < -0.4 is 4.31 Å². The topological polar surface area (TPSA) is 3.24 Å². The highest BCUT2D eigenvalue weighted by Gasteiger charge is 2.20. The van der Waals surface area contributed by atoms with Crippen LogP contribution in [0, 0.1) is 5.82 Å². The minimum atomic E-state index is -0.170. The Morgan fingerprint density at radius 1 is 0.941 bits per heavy atom. The third kappa shape index (κ3) is 1.91. The predicted octanol–water partition coefficient (Wildman–Crippen LogP) is 4.17. The normalized spacial score (nSPS) is 14.5. The van der Waals surface area contributed by atoms with Gasteiger partial charge in [0, 0.05) is 5.75 Å². The summed E-state index contributed by atoms with van der Waals surface area (Å²) < 4.78 is 15.8. The van der Waals surface area contributed by atoms with Gasteiger partial charge in [-0.25, -0.2) is 4.39 Å². The van der Waals surface area contributed by atoms with Crippen LogP contribution in [0.2, 0.25) is 0 Å². The molecule has 0 aliphatic carbocycles. The fourth-order valence-electron chi connectivity index (χ4n) is 2.05. The Balaban J connectivity index is 2.09. The van der Waals surface area contributed by atoms with Crippen LogP contribution in [-0.2, 0) is 6.42 Å². The van der Waals surface area contributed by atoms with E-state index in [9.17, 15) is 4.39 Å². The number of benzene rings is 2. The van der Waals surface area contributed by atoms with Crippen molar-refractivity contribution in [3.63, 3.8) is 0 Å². The third-order valence-corrected chi connectivity index (χ3v) is 3.91. The van der Waals surface area contributed by atoms with Gasteiger partial charge in [0.2, 0.25) is 0 Å². The van der Waals surface area contributed by atoms with Crippen molar-refractivity contribution in [1.82, 2.24) is 0 Å². The highest BCUT2D eigenvalue weighted by Crippen LogP contribution is 2.39. The molecule has 86 valence electrons. The molecule has 17 heavy (non-hydrogen) atoms. The molecule has 0 bridgehead atoms. The van der Waals surface area contributed by atoms with E-state index < -0.39 is 0 Å². The van der Waals surface area contributed by atoms with E-state index in [4.69, 9.17) is 0 Å². The Bertz CT molecular complexity index is 541. The van der Waals surface area contributed by atoms with Crippen molar-refractivity contribution >= 4 is 23.3 Å². The van der Waals surface area contributed by atoms with Crippen LogP contribution >= 0.6 is 11.9 Å². The summed E-state index contributed by atoms with van der Waals surface area (Å²) >= 11 is 1.67. The molecule has 0 saturated carbocycles. The molecule has 0 radical (unpaired) electrons. The Hall–Kier alpha value is -1.48. The van der Waals surface area contributed by atoms with Crippen molar-refractivity contribution in [2.75, 3.05) is 10.1 Å². The van der Waals surface area contributed by atoms with Gasteiger partial charge in [-0.15, -0.1) is 0 Å². The zero-order valence-corrected chi connectivity index (χ0v) is 10.1. The molecule has 2 aromatic carbocycles. The minimum Gasteiger partial charge on any atom is -0.281 e. The molecule has 1 aliphatic heterocycles. The van der Waals surface area contributed by atoms with Crippen LogP contribution in [0.1, 0.15) is 5.56 Å². The van der Waals surface area contributed by atoms with Gasteiger partial charge in [-0.3, -0.25) is 4.31 Å². The molecule has 1 aliphatic rings. The van der Waals surface area contributed by atoms with Crippen molar-refractivity contribution in [2.24, 2.45) is 0 Å². The Kier molecular flexibility index (Phi) is 2.77. The highest BCUT2D eigenvalue weighted by molar-refractivity contribution is 8.01. The fourth-order valence-corrected chi connectivity index (χ4v) is 3.15. The first-order valence-corrected chi connectivity index (χ1v) is 6.56. The molecule has 3 rings (SSSR count). The largest absolute Gasteiger partial charge is 0.281 e. The Labute approximate surface area is 104 Å². The summed E-state index contributed by atoms with van der Waals surface area (Å²) in [6.07, 6.45) is 1.05. The molecule has 0 fully saturated rings. The minimum absolute atomic E-state index is 0.170. The van der Waals surface area contributed by atoms with Crippen molar-refractivity contribution in [3.05, 3.63) is 59.9 Å². The van der Waals surface area contributed by atoms with E-state index in [1.807, 2.05) is 34.6 Å². The number of aryl methyl sites for hydroxylation is 1. The predicted molar refractivity (Wildman–Crippen MR) is 71.1 cm³/mol. The van der Waals surface area contributed by atoms with Crippen molar-refractivity contribution in [2.45, 2.75) is 6.42 Å². The smallest absolute Gasteiger partial charge is 0.147 e. The maximum atomic E-state index is 13.8. The van der Waals surface area contributed by atoms with Crippen molar-refractivity contribution in [1.29, 1.82) is 0 Å². The average Bonchev–Trinajstić information content (AvgIpc) is 2.39. The van der Waals surface area contributed by atoms with Gasteiger partial charge in [-0.1, -0.05) is 30.3 Å². The molecule has 0 saturated heterocycles. The molecule has 2 aromatic rings. The molecule has 0 amide bonds. The molecule has 0 spiro atoms. The number of hydrogen-bond acceptors (Lipinski definition) is 2. The van der Waals surface area contributed by atoms with Crippen LogP contribution in [0.4, 0.5) is 15.8 Å². The number of hydrogen-bond donors (Lipinski definition) is 0. The van der Waals surface area contributed by atoms with E-state index >= 15 is 0 Å². The van der Waals surface area contributed by atoms with Crippen molar-refractivity contribution < 1.29 is 4.39 Å². The van der Waals surface area contributed by atoms with Gasteiger partial charge in [0.25, 0.3) is 0 Å². The first-order valence-electron chi connectivity index (χ1n) is 5.62. The lowest BCUT2D eigenvalue weighted by molar-refractivity contribution is 0.630. The zero-order chi connectivity index (χ0) is 11.7. The average molecular weight is 245 g/mol. The van der Waals surface area contributed by atoms with E-state index in [-0.39, 0.29) is 5.82 Å². The second-order valence-corrected chi connectivity index (χ2v) is 4.99. The van der Waals surface area contributed by atoms with Crippen LogP contribution in [0.15, 0.2) is 48.5 Å². The zero-order valence-electron chi connectivity index (χ0n) is 9.27. The number of halogens is 1. The Morgan fingerprint density at radius 2 is 1.65 bits per heavy atom. The number of rotatable bonds is 1. The monoisotopic (exact) mass is 245 g/mol. The summed E-state index contributed by atoms with van der Waals surface area (Å²) in [6, 6.07) is 15.1. The maximum absolute atomic E-state index is 13.8. The molecule has 0 aromatic heterocycles. The number of fused-ring (bicyclic) bond motifs is 1. The lowest BCUT2D eigenvalue weighted by Crippen LogP contribution is -2.16. The number of nitrogens with zero attached hydrogens (tertiary/aromatic N) is 1. The third-order valence-electron chi connectivity index (χ3n) is 2.87. The number of para-hydroxylation sites is 2. The lowest BCUT2D eigenvalue weighted by atomic mass is 10.1. The molecule has 1 heterocycles. The van der Waals surface area contributed by atoms with E-state index in [1.54, 1.807) is 18.0 Å². The van der Waals surface area contributed by atoms with Crippen LogP contribution in [-0.4, -0.2) is 5.75 Å². The molecule has 0 unspecified atom stereocenters. The van der Waals surface area contributed by atoms with Gasteiger partial charge in [0.15, 0.2) is 0 Å².